The minimum Gasteiger partial charge on any atom is -0.497 e. The van der Waals surface area contributed by atoms with E-state index in [1.54, 1.807) is 48.5 Å². The largest absolute Gasteiger partial charge is 0.497 e. The molecule has 2 aromatic carbocycles. The molecule has 0 radical (unpaired) electrons. The Morgan fingerprint density at radius 3 is 2.64 bits per heavy atom. The Morgan fingerprint density at radius 2 is 1.95 bits per heavy atom. The lowest BCUT2D eigenvalue weighted by Crippen LogP contribution is -2.36. The molecule has 1 heterocycles. The second-order valence-corrected chi connectivity index (χ2v) is 5.19. The van der Waals surface area contributed by atoms with Crippen molar-refractivity contribution in [2.75, 3.05) is 12.4 Å². The fourth-order valence-electron chi connectivity index (χ4n) is 2.58. The summed E-state index contributed by atoms with van der Waals surface area (Å²) in [5.41, 5.74) is -0.563. The Hall–Kier alpha value is -2.66. The van der Waals surface area contributed by atoms with Crippen molar-refractivity contribution >= 4 is 17.4 Å². The number of benzene rings is 2. The van der Waals surface area contributed by atoms with E-state index in [1.807, 2.05) is 0 Å². The molecule has 0 bridgehead atoms. The van der Waals surface area contributed by atoms with Crippen LogP contribution >= 0.6 is 0 Å². The van der Waals surface area contributed by atoms with Crippen LogP contribution in [-0.4, -0.2) is 23.9 Å². The van der Waals surface area contributed by atoms with Crippen LogP contribution in [0.15, 0.2) is 48.5 Å². The summed E-state index contributed by atoms with van der Waals surface area (Å²) in [5, 5.41) is 13.4. The summed E-state index contributed by atoms with van der Waals surface area (Å²) in [7, 11) is 1.50. The second-order valence-electron chi connectivity index (χ2n) is 5.19. The SMILES string of the molecule is COc1ccc2c(c1)C(O)(CC(=O)c1ccccc1)C(=O)N2. The number of hydrogen-bond acceptors (Lipinski definition) is 4. The van der Waals surface area contributed by atoms with Gasteiger partial charge in [-0.05, 0) is 18.2 Å². The molecule has 5 heteroatoms. The van der Waals surface area contributed by atoms with Gasteiger partial charge in [-0.25, -0.2) is 0 Å². The van der Waals surface area contributed by atoms with E-state index in [9.17, 15) is 14.7 Å². The van der Waals surface area contributed by atoms with E-state index in [-0.39, 0.29) is 12.2 Å². The van der Waals surface area contributed by atoms with Gasteiger partial charge in [-0.2, -0.15) is 0 Å². The summed E-state index contributed by atoms with van der Waals surface area (Å²) in [6, 6.07) is 13.5. The fourth-order valence-corrected chi connectivity index (χ4v) is 2.58. The number of ketones is 1. The van der Waals surface area contributed by atoms with Crippen molar-refractivity contribution in [3.63, 3.8) is 0 Å². The zero-order valence-corrected chi connectivity index (χ0v) is 12.0. The van der Waals surface area contributed by atoms with Gasteiger partial charge in [-0.3, -0.25) is 9.59 Å². The smallest absolute Gasteiger partial charge is 0.261 e. The van der Waals surface area contributed by atoms with Crippen LogP contribution in [0.3, 0.4) is 0 Å². The van der Waals surface area contributed by atoms with E-state index >= 15 is 0 Å². The molecule has 0 spiro atoms. The average Bonchev–Trinajstić information content (AvgIpc) is 2.79. The lowest BCUT2D eigenvalue weighted by molar-refractivity contribution is -0.133. The molecule has 112 valence electrons. The first-order valence-corrected chi connectivity index (χ1v) is 6.85. The van der Waals surface area contributed by atoms with Gasteiger partial charge in [0.15, 0.2) is 11.4 Å². The summed E-state index contributed by atoms with van der Waals surface area (Å²) in [6.45, 7) is 0. The summed E-state index contributed by atoms with van der Waals surface area (Å²) in [6.07, 6.45) is -0.316. The molecule has 22 heavy (non-hydrogen) atoms. The molecular formula is C17H15NO4. The van der Waals surface area contributed by atoms with Crippen LogP contribution in [0, 0.1) is 0 Å². The van der Waals surface area contributed by atoms with Crippen LogP contribution in [0.25, 0.3) is 0 Å². The van der Waals surface area contributed by atoms with E-state index in [0.717, 1.165) is 0 Å². The average molecular weight is 297 g/mol. The van der Waals surface area contributed by atoms with Gasteiger partial charge >= 0.3 is 0 Å². The second kappa shape index (κ2) is 5.27. The van der Waals surface area contributed by atoms with Crippen molar-refractivity contribution in [3.8, 4) is 5.75 Å². The summed E-state index contributed by atoms with van der Waals surface area (Å²) >= 11 is 0. The number of methoxy groups -OCH3 is 1. The molecule has 0 aromatic heterocycles. The molecule has 5 nitrogen and oxygen atoms in total. The third kappa shape index (κ3) is 2.25. The minimum atomic E-state index is -1.88. The molecule has 0 saturated carbocycles. The molecule has 2 aromatic rings. The Balaban J connectivity index is 1.96. The molecule has 0 fully saturated rings. The Morgan fingerprint density at radius 1 is 1.23 bits per heavy atom. The van der Waals surface area contributed by atoms with Crippen LogP contribution in [0.4, 0.5) is 5.69 Å². The fraction of sp³-hybridized carbons (Fsp3) is 0.176. The number of rotatable bonds is 4. The molecule has 0 aliphatic carbocycles. The summed E-state index contributed by atoms with van der Waals surface area (Å²) in [5.74, 6) is -0.380. The third-order valence-corrected chi connectivity index (χ3v) is 3.81. The predicted molar refractivity (Wildman–Crippen MR) is 80.9 cm³/mol. The normalized spacial score (nSPS) is 19.5. The van der Waals surface area contributed by atoms with Crippen molar-refractivity contribution < 1.29 is 19.4 Å². The number of hydrogen-bond donors (Lipinski definition) is 2. The molecule has 0 saturated heterocycles. The summed E-state index contributed by atoms with van der Waals surface area (Å²) < 4.78 is 5.12. The van der Waals surface area contributed by atoms with Crippen LogP contribution in [-0.2, 0) is 10.4 Å². The highest BCUT2D eigenvalue weighted by Gasteiger charge is 2.47. The maximum Gasteiger partial charge on any atom is 0.261 e. The molecule has 2 N–H and O–H groups in total. The standard InChI is InChI=1S/C17H15NO4/c1-22-12-7-8-14-13(9-12)17(21,16(20)18-14)10-15(19)11-5-3-2-4-6-11/h2-9,21H,10H2,1H3,(H,18,20). The third-order valence-electron chi connectivity index (χ3n) is 3.81. The van der Waals surface area contributed by atoms with Gasteiger partial charge in [0.25, 0.3) is 5.91 Å². The quantitative estimate of drug-likeness (QED) is 0.848. The van der Waals surface area contributed by atoms with Gasteiger partial charge in [0.2, 0.25) is 0 Å². The number of anilines is 1. The first-order valence-electron chi connectivity index (χ1n) is 6.85. The Kier molecular flexibility index (Phi) is 3.42. The van der Waals surface area contributed by atoms with E-state index in [4.69, 9.17) is 4.74 Å². The topological polar surface area (TPSA) is 75.6 Å². The highest BCUT2D eigenvalue weighted by atomic mass is 16.5. The number of nitrogens with one attached hydrogen (secondary N) is 1. The lowest BCUT2D eigenvalue weighted by Gasteiger charge is -2.20. The van der Waals surface area contributed by atoms with Gasteiger partial charge < -0.3 is 15.2 Å². The lowest BCUT2D eigenvalue weighted by atomic mass is 9.88. The number of amides is 1. The maximum absolute atomic E-state index is 12.3. The molecular weight excluding hydrogens is 282 g/mol. The number of aliphatic hydroxyl groups is 1. The Bertz CT molecular complexity index is 742. The predicted octanol–water partition coefficient (Wildman–Crippen LogP) is 2.11. The molecule has 1 unspecified atom stereocenters. The molecule has 3 rings (SSSR count). The van der Waals surface area contributed by atoms with Gasteiger partial charge in [0, 0.05) is 16.8 Å². The van der Waals surface area contributed by atoms with Gasteiger partial charge in [-0.1, -0.05) is 30.3 Å². The Labute approximate surface area is 127 Å². The van der Waals surface area contributed by atoms with Crippen LogP contribution in [0.1, 0.15) is 22.3 Å². The van der Waals surface area contributed by atoms with Crippen molar-refractivity contribution in [1.29, 1.82) is 0 Å². The van der Waals surface area contributed by atoms with Crippen LogP contribution in [0.2, 0.25) is 0 Å². The molecule has 1 amide bonds. The van der Waals surface area contributed by atoms with Gasteiger partial charge in [-0.15, -0.1) is 0 Å². The first kappa shape index (κ1) is 14.3. The van der Waals surface area contributed by atoms with Crippen molar-refractivity contribution in [2.45, 2.75) is 12.0 Å². The summed E-state index contributed by atoms with van der Waals surface area (Å²) in [4.78, 5) is 24.5. The molecule has 1 aliphatic heterocycles. The van der Waals surface area contributed by atoms with E-state index < -0.39 is 11.5 Å². The first-order chi connectivity index (χ1) is 10.5. The van der Waals surface area contributed by atoms with Crippen molar-refractivity contribution in [2.24, 2.45) is 0 Å². The number of carbonyl (C=O) groups is 2. The zero-order chi connectivity index (χ0) is 15.7. The number of Topliss-reactive ketones (excluding diaryl/α,β-unsaturated/α-hetero) is 1. The van der Waals surface area contributed by atoms with E-state index in [0.29, 0.717) is 22.6 Å². The maximum atomic E-state index is 12.3. The van der Waals surface area contributed by atoms with Crippen molar-refractivity contribution in [3.05, 3.63) is 59.7 Å². The number of fused-ring (bicyclic) bond motifs is 1. The van der Waals surface area contributed by atoms with Gasteiger partial charge in [0.05, 0.1) is 13.5 Å². The highest BCUT2D eigenvalue weighted by Crippen LogP contribution is 2.40. The minimum absolute atomic E-state index is 0.297. The monoisotopic (exact) mass is 297 g/mol. The van der Waals surface area contributed by atoms with E-state index in [2.05, 4.69) is 5.32 Å². The van der Waals surface area contributed by atoms with Gasteiger partial charge in [0.1, 0.15) is 5.75 Å². The van der Waals surface area contributed by atoms with E-state index in [1.165, 1.54) is 7.11 Å². The van der Waals surface area contributed by atoms with Crippen LogP contribution in [0.5, 0.6) is 5.75 Å². The molecule has 1 atom stereocenters. The van der Waals surface area contributed by atoms with Crippen molar-refractivity contribution in [1.82, 2.24) is 0 Å². The highest BCUT2D eigenvalue weighted by molar-refractivity contribution is 6.09. The number of carbonyl (C=O) groups excluding carboxylic acids is 2. The number of ether oxygens (including phenoxy) is 1. The zero-order valence-electron chi connectivity index (χ0n) is 12.0. The van der Waals surface area contributed by atoms with Crippen LogP contribution < -0.4 is 10.1 Å². The molecule has 1 aliphatic rings.